The Morgan fingerprint density at radius 2 is 1.53 bits per heavy atom. The molecule has 0 saturated carbocycles. The second-order valence-corrected chi connectivity index (χ2v) is 4.75. The van der Waals surface area contributed by atoms with E-state index in [1.165, 1.54) is 5.56 Å². The van der Waals surface area contributed by atoms with Crippen molar-refractivity contribution in [2.75, 3.05) is 0 Å². The molecular formula is C15H20O2. The van der Waals surface area contributed by atoms with Gasteiger partial charge < -0.3 is 4.79 Å². The molecule has 0 unspecified atom stereocenters. The molecule has 2 heteroatoms. The lowest BCUT2D eigenvalue weighted by atomic mass is 9.94. The molecule has 1 aromatic rings. The van der Waals surface area contributed by atoms with Gasteiger partial charge in [0.05, 0.1) is 0 Å². The summed E-state index contributed by atoms with van der Waals surface area (Å²) in [6.45, 7) is 7.53. The lowest BCUT2D eigenvalue weighted by molar-refractivity contribution is -0.117. The smallest absolute Gasteiger partial charge is 0.163 e. The summed E-state index contributed by atoms with van der Waals surface area (Å²) in [7, 11) is 0. The molecule has 0 bridgehead atoms. The number of benzene rings is 1. The molecule has 0 aromatic heterocycles. The van der Waals surface area contributed by atoms with Crippen molar-refractivity contribution < 1.29 is 9.59 Å². The number of carbonyl (C=O) groups is 2. The van der Waals surface area contributed by atoms with Crippen LogP contribution in [-0.2, 0) is 4.79 Å². The van der Waals surface area contributed by atoms with Gasteiger partial charge in [-0.1, -0.05) is 17.7 Å². The number of ketones is 2. The van der Waals surface area contributed by atoms with E-state index in [9.17, 15) is 9.59 Å². The summed E-state index contributed by atoms with van der Waals surface area (Å²) in [4.78, 5) is 22.9. The number of rotatable bonds is 5. The van der Waals surface area contributed by atoms with Crippen LogP contribution in [0.15, 0.2) is 12.1 Å². The first kappa shape index (κ1) is 13.6. The van der Waals surface area contributed by atoms with E-state index in [1.807, 2.05) is 32.9 Å². The molecule has 1 rings (SSSR count). The maximum atomic E-state index is 12.1. The summed E-state index contributed by atoms with van der Waals surface area (Å²) in [5.41, 5.74) is 4.09. The van der Waals surface area contributed by atoms with Crippen LogP contribution in [-0.4, -0.2) is 11.6 Å². The summed E-state index contributed by atoms with van der Waals surface area (Å²) in [6, 6.07) is 4.07. The van der Waals surface area contributed by atoms with Gasteiger partial charge in [-0.3, -0.25) is 4.79 Å². The zero-order valence-corrected chi connectivity index (χ0v) is 11.1. The number of Topliss-reactive ketones (excluding diaryl/α,β-unsaturated/α-hetero) is 2. The van der Waals surface area contributed by atoms with Crippen molar-refractivity contribution in [3.63, 3.8) is 0 Å². The van der Waals surface area contributed by atoms with E-state index in [4.69, 9.17) is 0 Å². The second-order valence-electron chi connectivity index (χ2n) is 4.75. The van der Waals surface area contributed by atoms with Crippen molar-refractivity contribution in [2.45, 2.75) is 47.0 Å². The lowest BCUT2D eigenvalue weighted by Gasteiger charge is -2.10. The Labute approximate surface area is 103 Å². The van der Waals surface area contributed by atoms with Crippen molar-refractivity contribution in [3.8, 4) is 0 Å². The lowest BCUT2D eigenvalue weighted by Crippen LogP contribution is -2.06. The molecule has 2 nitrogen and oxygen atoms in total. The number of hydrogen-bond donors (Lipinski definition) is 0. The molecule has 0 aliphatic heterocycles. The van der Waals surface area contributed by atoms with Crippen molar-refractivity contribution in [1.82, 2.24) is 0 Å². The Morgan fingerprint density at radius 3 is 2.00 bits per heavy atom. The average Bonchev–Trinajstić information content (AvgIpc) is 2.14. The van der Waals surface area contributed by atoms with E-state index < -0.39 is 0 Å². The third kappa shape index (κ3) is 3.81. The molecule has 0 N–H and O–H groups in total. The Morgan fingerprint density at radius 1 is 1.00 bits per heavy atom. The van der Waals surface area contributed by atoms with Crippen LogP contribution in [0.25, 0.3) is 0 Å². The second kappa shape index (κ2) is 5.76. The van der Waals surface area contributed by atoms with Gasteiger partial charge in [-0.25, -0.2) is 0 Å². The Hall–Kier alpha value is -1.44. The highest BCUT2D eigenvalue weighted by atomic mass is 16.1. The summed E-state index contributed by atoms with van der Waals surface area (Å²) in [6.07, 6.45) is 1.61. The van der Waals surface area contributed by atoms with E-state index in [0.29, 0.717) is 19.3 Å². The molecule has 0 atom stereocenters. The van der Waals surface area contributed by atoms with E-state index in [0.717, 1.165) is 16.7 Å². The van der Waals surface area contributed by atoms with Crippen LogP contribution in [0.5, 0.6) is 0 Å². The Bertz CT molecular complexity index is 421. The fraction of sp³-hybridized carbons (Fsp3) is 0.467. The first-order valence-electron chi connectivity index (χ1n) is 6.02. The summed E-state index contributed by atoms with van der Waals surface area (Å²) in [5, 5.41) is 0. The third-order valence-electron chi connectivity index (χ3n) is 2.89. The molecule has 0 saturated heterocycles. The fourth-order valence-corrected chi connectivity index (χ4v) is 2.24. The van der Waals surface area contributed by atoms with Gasteiger partial charge in [0.2, 0.25) is 0 Å². The number of hydrogen-bond acceptors (Lipinski definition) is 2. The maximum absolute atomic E-state index is 12.1. The quantitative estimate of drug-likeness (QED) is 0.727. The van der Waals surface area contributed by atoms with Gasteiger partial charge in [0.25, 0.3) is 0 Å². The standard InChI is InChI=1S/C15H20O2/c1-10-8-11(2)15(12(3)9-10)14(17)7-5-6-13(4)16/h8-9H,5-7H2,1-4H3. The normalized spacial score (nSPS) is 10.4. The minimum absolute atomic E-state index is 0.148. The minimum Gasteiger partial charge on any atom is -0.300 e. The summed E-state index contributed by atoms with van der Waals surface area (Å²) >= 11 is 0. The van der Waals surface area contributed by atoms with Crippen LogP contribution in [0, 0.1) is 20.8 Å². The van der Waals surface area contributed by atoms with Gasteiger partial charge in [-0.15, -0.1) is 0 Å². The monoisotopic (exact) mass is 232 g/mol. The van der Waals surface area contributed by atoms with Crippen LogP contribution in [0.1, 0.15) is 53.2 Å². The highest BCUT2D eigenvalue weighted by Crippen LogP contribution is 2.19. The van der Waals surface area contributed by atoms with Crippen LogP contribution in [0.4, 0.5) is 0 Å². The Balaban J connectivity index is 2.79. The van der Waals surface area contributed by atoms with Crippen LogP contribution in [0.3, 0.4) is 0 Å². The van der Waals surface area contributed by atoms with E-state index in [-0.39, 0.29) is 11.6 Å². The molecular weight excluding hydrogens is 212 g/mol. The molecule has 0 heterocycles. The van der Waals surface area contributed by atoms with Crippen LogP contribution < -0.4 is 0 Å². The topological polar surface area (TPSA) is 34.1 Å². The molecule has 0 aliphatic carbocycles. The van der Waals surface area contributed by atoms with Gasteiger partial charge in [0.15, 0.2) is 5.78 Å². The molecule has 1 aromatic carbocycles. The molecule has 0 aliphatic rings. The van der Waals surface area contributed by atoms with Gasteiger partial charge >= 0.3 is 0 Å². The number of carbonyl (C=O) groups excluding carboxylic acids is 2. The third-order valence-corrected chi connectivity index (χ3v) is 2.89. The van der Waals surface area contributed by atoms with Crippen LogP contribution >= 0.6 is 0 Å². The highest BCUT2D eigenvalue weighted by molar-refractivity contribution is 5.99. The predicted molar refractivity (Wildman–Crippen MR) is 69.5 cm³/mol. The molecule has 0 amide bonds. The van der Waals surface area contributed by atoms with Gasteiger partial charge in [-0.05, 0) is 45.2 Å². The van der Waals surface area contributed by atoms with Crippen molar-refractivity contribution in [3.05, 3.63) is 34.4 Å². The van der Waals surface area contributed by atoms with Crippen molar-refractivity contribution in [2.24, 2.45) is 0 Å². The Kier molecular flexibility index (Phi) is 4.62. The minimum atomic E-state index is 0.148. The SMILES string of the molecule is CC(=O)CCCC(=O)c1c(C)cc(C)cc1C. The predicted octanol–water partition coefficient (Wildman–Crippen LogP) is 3.55. The largest absolute Gasteiger partial charge is 0.300 e. The van der Waals surface area contributed by atoms with Gasteiger partial charge in [-0.2, -0.15) is 0 Å². The fourth-order valence-electron chi connectivity index (χ4n) is 2.24. The zero-order valence-electron chi connectivity index (χ0n) is 11.1. The van der Waals surface area contributed by atoms with Crippen molar-refractivity contribution in [1.29, 1.82) is 0 Å². The first-order chi connectivity index (χ1) is 7.91. The highest BCUT2D eigenvalue weighted by Gasteiger charge is 2.12. The van der Waals surface area contributed by atoms with E-state index in [2.05, 4.69) is 0 Å². The summed E-state index contributed by atoms with van der Waals surface area (Å²) < 4.78 is 0. The molecule has 92 valence electrons. The average molecular weight is 232 g/mol. The van der Waals surface area contributed by atoms with E-state index >= 15 is 0 Å². The molecule has 0 radical (unpaired) electrons. The van der Waals surface area contributed by atoms with Crippen LogP contribution in [0.2, 0.25) is 0 Å². The van der Waals surface area contributed by atoms with E-state index in [1.54, 1.807) is 6.92 Å². The number of aryl methyl sites for hydroxylation is 3. The first-order valence-corrected chi connectivity index (χ1v) is 6.02. The molecule has 0 fully saturated rings. The molecule has 0 spiro atoms. The zero-order chi connectivity index (χ0) is 13.0. The van der Waals surface area contributed by atoms with Crippen molar-refractivity contribution >= 4 is 11.6 Å². The van der Waals surface area contributed by atoms with Gasteiger partial charge in [0, 0.05) is 18.4 Å². The molecule has 17 heavy (non-hydrogen) atoms. The summed E-state index contributed by atoms with van der Waals surface area (Å²) in [5.74, 6) is 0.302. The van der Waals surface area contributed by atoms with Gasteiger partial charge in [0.1, 0.15) is 5.78 Å². The maximum Gasteiger partial charge on any atom is 0.163 e.